The molecule has 0 saturated carbocycles. The fourth-order valence-electron chi connectivity index (χ4n) is 3.65. The van der Waals surface area contributed by atoms with Gasteiger partial charge in [0.2, 0.25) is 5.91 Å². The van der Waals surface area contributed by atoms with Crippen molar-refractivity contribution >= 4 is 11.9 Å². The highest BCUT2D eigenvalue weighted by atomic mass is 16.5. The van der Waals surface area contributed by atoms with Crippen molar-refractivity contribution in [2.45, 2.75) is 85.9 Å². The topological polar surface area (TPSA) is 120 Å². The van der Waals surface area contributed by atoms with Gasteiger partial charge >= 0.3 is 5.97 Å². The van der Waals surface area contributed by atoms with Crippen molar-refractivity contribution in [2.24, 2.45) is 23.0 Å². The summed E-state index contributed by atoms with van der Waals surface area (Å²) in [7, 11) is 0. The normalized spacial score (nSPS) is 17.6. The number of carbonyl (C=O) groups excluding carboxylic acids is 1. The van der Waals surface area contributed by atoms with Gasteiger partial charge in [-0.15, -0.1) is 0 Å². The number of carboxylic acids is 1. The second-order valence-electron chi connectivity index (χ2n) is 9.44. The summed E-state index contributed by atoms with van der Waals surface area (Å²) < 4.78 is 16.6. The Labute approximate surface area is 188 Å². The molecule has 0 aromatic carbocycles. The van der Waals surface area contributed by atoms with E-state index in [4.69, 9.17) is 19.9 Å². The van der Waals surface area contributed by atoms with Crippen molar-refractivity contribution in [1.82, 2.24) is 5.32 Å². The molecule has 0 heterocycles. The highest BCUT2D eigenvalue weighted by Gasteiger charge is 2.39. The molecular formula is C23H46N2O6. The molecule has 0 aromatic heterocycles. The maximum absolute atomic E-state index is 12.5. The highest BCUT2D eigenvalue weighted by molar-refractivity contribution is 5.82. The molecule has 31 heavy (non-hydrogen) atoms. The van der Waals surface area contributed by atoms with E-state index in [2.05, 4.69) is 19.2 Å². The Balaban J connectivity index is 4.35. The second-order valence-corrected chi connectivity index (χ2v) is 9.44. The molecule has 0 aliphatic rings. The third kappa shape index (κ3) is 13.7. The number of carboxylic acid groups (broad SMARTS) is 1. The number of rotatable bonds is 18. The first-order valence-electron chi connectivity index (χ1n) is 11.5. The lowest BCUT2D eigenvalue weighted by molar-refractivity contribution is -0.150. The molecule has 4 N–H and O–H groups in total. The summed E-state index contributed by atoms with van der Waals surface area (Å²) in [4.78, 5) is 24.4. The number of amides is 1. The van der Waals surface area contributed by atoms with E-state index >= 15 is 0 Å². The van der Waals surface area contributed by atoms with Crippen molar-refractivity contribution < 1.29 is 28.9 Å². The first kappa shape index (κ1) is 29.8. The van der Waals surface area contributed by atoms with Crippen LogP contribution in [0.1, 0.15) is 67.7 Å². The highest BCUT2D eigenvalue weighted by Crippen LogP contribution is 2.39. The Morgan fingerprint density at radius 1 is 1.03 bits per heavy atom. The van der Waals surface area contributed by atoms with Gasteiger partial charge in [-0.1, -0.05) is 27.7 Å². The van der Waals surface area contributed by atoms with E-state index in [1.807, 2.05) is 34.6 Å². The van der Waals surface area contributed by atoms with Crippen LogP contribution in [0.5, 0.6) is 0 Å². The van der Waals surface area contributed by atoms with Crippen LogP contribution < -0.4 is 11.1 Å². The Morgan fingerprint density at radius 3 is 2.10 bits per heavy atom. The second kappa shape index (κ2) is 15.6. The van der Waals surface area contributed by atoms with E-state index in [0.29, 0.717) is 45.4 Å². The standard InChI is InChI=1S/C23H46N2O6/c1-8-23(7,12-16(2)3)20(22(27)28)11-21(26)25-18(5)14-31-19(6)15-30-10-9-29-13-17(4)24/h16-20H,8-15,24H2,1-7H3,(H,25,26)(H,27,28). The molecule has 0 fully saturated rings. The van der Waals surface area contributed by atoms with Crippen molar-refractivity contribution in [2.75, 3.05) is 33.0 Å². The Bertz CT molecular complexity index is 514. The quantitative estimate of drug-likeness (QED) is 0.277. The molecule has 0 radical (unpaired) electrons. The molecule has 1 amide bonds. The van der Waals surface area contributed by atoms with Gasteiger partial charge in [-0.2, -0.15) is 0 Å². The summed E-state index contributed by atoms with van der Waals surface area (Å²) in [5.41, 5.74) is 5.18. The summed E-state index contributed by atoms with van der Waals surface area (Å²) in [5, 5.41) is 12.6. The van der Waals surface area contributed by atoms with Crippen molar-refractivity contribution in [3.63, 3.8) is 0 Å². The van der Waals surface area contributed by atoms with Crippen LogP contribution in [0, 0.1) is 17.3 Å². The molecule has 5 atom stereocenters. The van der Waals surface area contributed by atoms with Crippen LogP contribution >= 0.6 is 0 Å². The third-order valence-electron chi connectivity index (χ3n) is 5.35. The van der Waals surface area contributed by atoms with Crippen LogP contribution in [0.15, 0.2) is 0 Å². The smallest absolute Gasteiger partial charge is 0.307 e. The van der Waals surface area contributed by atoms with E-state index in [9.17, 15) is 14.7 Å². The molecule has 0 bridgehead atoms. The average molecular weight is 447 g/mol. The number of hydrogen-bond donors (Lipinski definition) is 3. The Hall–Kier alpha value is -1.22. The third-order valence-corrected chi connectivity index (χ3v) is 5.35. The molecule has 0 rings (SSSR count). The van der Waals surface area contributed by atoms with E-state index in [0.717, 1.165) is 6.42 Å². The lowest BCUT2D eigenvalue weighted by Gasteiger charge is -2.36. The molecule has 0 aliphatic carbocycles. The Kier molecular flexibility index (Phi) is 14.9. The average Bonchev–Trinajstić information content (AvgIpc) is 2.66. The lowest BCUT2D eigenvalue weighted by atomic mass is 9.68. The summed E-state index contributed by atoms with van der Waals surface area (Å²) in [5.74, 6) is -1.53. The molecule has 0 spiro atoms. The molecule has 8 nitrogen and oxygen atoms in total. The minimum Gasteiger partial charge on any atom is -0.481 e. The summed E-state index contributed by atoms with van der Waals surface area (Å²) in [6.45, 7) is 15.9. The minimum absolute atomic E-state index is 0.00987. The van der Waals surface area contributed by atoms with Crippen molar-refractivity contribution in [3.05, 3.63) is 0 Å². The van der Waals surface area contributed by atoms with Gasteiger partial charge in [0.05, 0.1) is 45.1 Å². The molecule has 0 saturated heterocycles. The molecule has 0 aliphatic heterocycles. The molecule has 0 aromatic rings. The van der Waals surface area contributed by atoms with Crippen LogP contribution in [0.3, 0.4) is 0 Å². The molecule has 8 heteroatoms. The van der Waals surface area contributed by atoms with Gasteiger partial charge in [-0.3, -0.25) is 9.59 Å². The zero-order valence-electron chi connectivity index (χ0n) is 20.6. The zero-order chi connectivity index (χ0) is 24.0. The molecular weight excluding hydrogens is 400 g/mol. The fraction of sp³-hybridized carbons (Fsp3) is 0.913. The molecule has 184 valence electrons. The van der Waals surface area contributed by atoms with E-state index < -0.39 is 17.3 Å². The predicted molar refractivity (Wildman–Crippen MR) is 122 cm³/mol. The van der Waals surface area contributed by atoms with Crippen LogP contribution in [0.4, 0.5) is 0 Å². The summed E-state index contributed by atoms with van der Waals surface area (Å²) in [6, 6.07) is -0.215. The van der Waals surface area contributed by atoms with Crippen LogP contribution in [0.25, 0.3) is 0 Å². The first-order chi connectivity index (χ1) is 14.4. The Morgan fingerprint density at radius 2 is 1.61 bits per heavy atom. The van der Waals surface area contributed by atoms with Gasteiger partial charge < -0.3 is 30.4 Å². The maximum Gasteiger partial charge on any atom is 0.307 e. The van der Waals surface area contributed by atoms with Gasteiger partial charge in [0.1, 0.15) is 0 Å². The lowest BCUT2D eigenvalue weighted by Crippen LogP contribution is -2.42. The monoisotopic (exact) mass is 446 g/mol. The summed E-state index contributed by atoms with van der Waals surface area (Å²) >= 11 is 0. The SMILES string of the molecule is CCC(C)(CC(C)C)C(CC(=O)NC(C)COC(C)COCCOCC(C)N)C(=O)O. The van der Waals surface area contributed by atoms with Crippen molar-refractivity contribution in [3.8, 4) is 0 Å². The van der Waals surface area contributed by atoms with Crippen LogP contribution in [-0.4, -0.2) is 68.2 Å². The number of carbonyl (C=O) groups is 2. The molecule has 5 unspecified atom stereocenters. The van der Waals surface area contributed by atoms with Gasteiger partial charge in [-0.05, 0) is 44.9 Å². The largest absolute Gasteiger partial charge is 0.481 e. The van der Waals surface area contributed by atoms with E-state index in [1.54, 1.807) is 0 Å². The zero-order valence-corrected chi connectivity index (χ0v) is 20.6. The number of hydrogen-bond acceptors (Lipinski definition) is 6. The van der Waals surface area contributed by atoms with Gasteiger partial charge in [0.25, 0.3) is 0 Å². The minimum atomic E-state index is -0.917. The first-order valence-corrected chi connectivity index (χ1v) is 11.5. The van der Waals surface area contributed by atoms with Gasteiger partial charge in [0, 0.05) is 18.5 Å². The number of aliphatic carboxylic acids is 1. The van der Waals surface area contributed by atoms with Crippen molar-refractivity contribution in [1.29, 1.82) is 0 Å². The van der Waals surface area contributed by atoms with Gasteiger partial charge in [0.15, 0.2) is 0 Å². The summed E-state index contributed by atoms with van der Waals surface area (Å²) in [6.07, 6.45) is 1.31. The van der Waals surface area contributed by atoms with Gasteiger partial charge in [-0.25, -0.2) is 0 Å². The van der Waals surface area contributed by atoms with Crippen LogP contribution in [-0.2, 0) is 23.8 Å². The number of nitrogens with one attached hydrogen (secondary N) is 1. The van der Waals surface area contributed by atoms with E-state index in [-0.39, 0.29) is 30.5 Å². The number of nitrogens with two attached hydrogens (primary N) is 1. The van der Waals surface area contributed by atoms with E-state index in [1.165, 1.54) is 0 Å². The van der Waals surface area contributed by atoms with Crippen LogP contribution in [0.2, 0.25) is 0 Å². The number of ether oxygens (including phenoxy) is 3. The fourth-order valence-corrected chi connectivity index (χ4v) is 3.65. The predicted octanol–water partition coefficient (Wildman–Crippen LogP) is 2.83. The maximum atomic E-state index is 12.5.